The summed E-state index contributed by atoms with van der Waals surface area (Å²) in [6, 6.07) is 4.72. The SMILES string of the molecule is Cc1cccc(C(=O)N2CCCCO2)c1[N+](=O)[O-]. The average molecular weight is 250 g/mol. The summed E-state index contributed by atoms with van der Waals surface area (Å²) in [6.07, 6.45) is 1.76. The van der Waals surface area contributed by atoms with Crippen LogP contribution in [-0.4, -0.2) is 29.0 Å². The number of carbonyl (C=O) groups excluding carboxylic acids is 1. The Balaban J connectivity index is 2.35. The highest BCUT2D eigenvalue weighted by atomic mass is 16.7. The van der Waals surface area contributed by atoms with Crippen molar-refractivity contribution in [2.45, 2.75) is 19.8 Å². The molecular formula is C12H14N2O4. The Morgan fingerprint density at radius 2 is 2.22 bits per heavy atom. The minimum atomic E-state index is -0.521. The maximum Gasteiger partial charge on any atom is 0.285 e. The zero-order valence-corrected chi connectivity index (χ0v) is 10.1. The molecule has 0 N–H and O–H groups in total. The van der Waals surface area contributed by atoms with Gasteiger partial charge in [0.05, 0.1) is 11.5 Å². The number of nitrogens with zero attached hydrogens (tertiary/aromatic N) is 2. The first-order valence-corrected chi connectivity index (χ1v) is 5.80. The van der Waals surface area contributed by atoms with E-state index in [0.29, 0.717) is 18.7 Å². The number of nitro groups is 1. The van der Waals surface area contributed by atoms with Crippen LogP contribution in [0.15, 0.2) is 18.2 Å². The Kier molecular flexibility index (Phi) is 3.57. The van der Waals surface area contributed by atoms with Crippen LogP contribution in [0.25, 0.3) is 0 Å². The van der Waals surface area contributed by atoms with E-state index in [4.69, 9.17) is 4.84 Å². The highest BCUT2D eigenvalue weighted by Crippen LogP contribution is 2.25. The Morgan fingerprint density at radius 1 is 1.44 bits per heavy atom. The monoisotopic (exact) mass is 250 g/mol. The second kappa shape index (κ2) is 5.14. The van der Waals surface area contributed by atoms with Crippen molar-refractivity contribution in [3.63, 3.8) is 0 Å². The molecule has 0 saturated carbocycles. The summed E-state index contributed by atoms with van der Waals surface area (Å²) in [4.78, 5) is 27.9. The number of hydrogen-bond acceptors (Lipinski definition) is 4. The summed E-state index contributed by atoms with van der Waals surface area (Å²) in [5.41, 5.74) is 0.418. The minimum absolute atomic E-state index is 0.0851. The third-order valence-corrected chi connectivity index (χ3v) is 2.88. The van der Waals surface area contributed by atoms with E-state index in [9.17, 15) is 14.9 Å². The summed E-state index contributed by atoms with van der Waals surface area (Å²) < 4.78 is 0. The molecule has 0 radical (unpaired) electrons. The van der Waals surface area contributed by atoms with Gasteiger partial charge in [-0.05, 0) is 25.8 Å². The molecule has 1 aromatic rings. The number of hydroxylamine groups is 2. The maximum atomic E-state index is 12.2. The molecule has 0 aromatic heterocycles. The molecule has 0 bridgehead atoms. The lowest BCUT2D eigenvalue weighted by Crippen LogP contribution is -2.36. The molecule has 1 heterocycles. The normalized spacial score (nSPS) is 15.5. The number of hydrogen-bond donors (Lipinski definition) is 0. The number of aryl methyl sites for hydroxylation is 1. The fraction of sp³-hybridized carbons (Fsp3) is 0.417. The van der Waals surface area contributed by atoms with Crippen molar-refractivity contribution < 1.29 is 14.6 Å². The van der Waals surface area contributed by atoms with Gasteiger partial charge in [-0.2, -0.15) is 0 Å². The average Bonchev–Trinajstić information content (AvgIpc) is 2.38. The van der Waals surface area contributed by atoms with Gasteiger partial charge in [-0.3, -0.25) is 19.7 Å². The smallest absolute Gasteiger partial charge is 0.271 e. The summed E-state index contributed by atoms with van der Waals surface area (Å²) in [7, 11) is 0. The van der Waals surface area contributed by atoms with Crippen LogP contribution in [0.1, 0.15) is 28.8 Å². The lowest BCUT2D eigenvalue weighted by atomic mass is 10.1. The van der Waals surface area contributed by atoms with E-state index in [2.05, 4.69) is 0 Å². The second-order valence-electron chi connectivity index (χ2n) is 4.18. The Labute approximate surface area is 104 Å². The molecule has 0 aliphatic carbocycles. The van der Waals surface area contributed by atoms with Crippen LogP contribution in [-0.2, 0) is 4.84 Å². The van der Waals surface area contributed by atoms with E-state index in [1.54, 1.807) is 19.1 Å². The molecule has 2 rings (SSSR count). The van der Waals surface area contributed by atoms with Crippen LogP contribution in [0.3, 0.4) is 0 Å². The molecule has 0 unspecified atom stereocenters. The van der Waals surface area contributed by atoms with E-state index in [1.165, 1.54) is 11.1 Å². The Hall–Kier alpha value is -1.95. The second-order valence-corrected chi connectivity index (χ2v) is 4.18. The van der Waals surface area contributed by atoms with Crippen molar-refractivity contribution in [1.82, 2.24) is 5.06 Å². The van der Waals surface area contributed by atoms with Crippen molar-refractivity contribution in [3.8, 4) is 0 Å². The number of rotatable bonds is 2. The largest absolute Gasteiger partial charge is 0.285 e. The van der Waals surface area contributed by atoms with Gasteiger partial charge in [-0.15, -0.1) is 0 Å². The van der Waals surface area contributed by atoms with Gasteiger partial charge in [0.1, 0.15) is 5.56 Å². The van der Waals surface area contributed by atoms with Gasteiger partial charge >= 0.3 is 0 Å². The van der Waals surface area contributed by atoms with Crippen molar-refractivity contribution >= 4 is 11.6 Å². The predicted molar refractivity (Wildman–Crippen MR) is 64.1 cm³/mol. The summed E-state index contributed by atoms with van der Waals surface area (Å²) in [5, 5.41) is 12.2. The quantitative estimate of drug-likeness (QED) is 0.595. The molecule has 1 aliphatic heterocycles. The van der Waals surface area contributed by atoms with E-state index in [0.717, 1.165) is 12.8 Å². The predicted octanol–water partition coefficient (Wildman–Crippen LogP) is 2.07. The molecule has 1 amide bonds. The maximum absolute atomic E-state index is 12.2. The number of para-hydroxylation sites is 1. The van der Waals surface area contributed by atoms with Crippen LogP contribution >= 0.6 is 0 Å². The van der Waals surface area contributed by atoms with Crippen LogP contribution in [0.2, 0.25) is 0 Å². The van der Waals surface area contributed by atoms with Gasteiger partial charge in [0, 0.05) is 12.1 Å². The fourth-order valence-electron chi connectivity index (χ4n) is 1.97. The number of benzene rings is 1. The van der Waals surface area contributed by atoms with Crippen LogP contribution in [0.5, 0.6) is 0 Å². The van der Waals surface area contributed by atoms with Gasteiger partial charge in [0.15, 0.2) is 0 Å². The molecule has 18 heavy (non-hydrogen) atoms. The molecule has 1 aromatic carbocycles. The highest BCUT2D eigenvalue weighted by molar-refractivity contribution is 5.98. The summed E-state index contributed by atoms with van der Waals surface area (Å²) in [5.74, 6) is -0.440. The third-order valence-electron chi connectivity index (χ3n) is 2.88. The van der Waals surface area contributed by atoms with E-state index < -0.39 is 10.8 Å². The van der Waals surface area contributed by atoms with E-state index in [-0.39, 0.29) is 11.3 Å². The third kappa shape index (κ3) is 2.33. The molecule has 6 heteroatoms. The number of nitro benzene ring substituents is 1. The van der Waals surface area contributed by atoms with Crippen LogP contribution < -0.4 is 0 Å². The minimum Gasteiger partial charge on any atom is -0.271 e. The molecule has 0 atom stereocenters. The number of amides is 1. The molecule has 1 aliphatic rings. The Bertz CT molecular complexity index is 481. The first-order valence-electron chi connectivity index (χ1n) is 5.80. The fourth-order valence-corrected chi connectivity index (χ4v) is 1.97. The van der Waals surface area contributed by atoms with Crippen molar-refractivity contribution in [1.29, 1.82) is 0 Å². The van der Waals surface area contributed by atoms with Gasteiger partial charge in [0.2, 0.25) is 0 Å². The first-order chi connectivity index (χ1) is 8.61. The van der Waals surface area contributed by atoms with E-state index >= 15 is 0 Å². The molecule has 96 valence electrons. The van der Waals surface area contributed by atoms with Gasteiger partial charge in [-0.1, -0.05) is 12.1 Å². The lowest BCUT2D eigenvalue weighted by molar-refractivity contribution is -0.385. The van der Waals surface area contributed by atoms with Crippen molar-refractivity contribution in [2.75, 3.05) is 13.2 Å². The lowest BCUT2D eigenvalue weighted by Gasteiger charge is -2.25. The molecule has 6 nitrogen and oxygen atoms in total. The van der Waals surface area contributed by atoms with E-state index in [1.807, 2.05) is 0 Å². The summed E-state index contributed by atoms with van der Waals surface area (Å²) >= 11 is 0. The molecule has 1 saturated heterocycles. The van der Waals surface area contributed by atoms with Gasteiger partial charge in [-0.25, -0.2) is 5.06 Å². The topological polar surface area (TPSA) is 72.7 Å². The first kappa shape index (κ1) is 12.5. The number of carbonyl (C=O) groups is 1. The van der Waals surface area contributed by atoms with Crippen LogP contribution in [0.4, 0.5) is 5.69 Å². The zero-order chi connectivity index (χ0) is 13.1. The highest BCUT2D eigenvalue weighted by Gasteiger charge is 2.27. The van der Waals surface area contributed by atoms with Crippen molar-refractivity contribution in [3.05, 3.63) is 39.4 Å². The van der Waals surface area contributed by atoms with Crippen molar-refractivity contribution in [2.24, 2.45) is 0 Å². The van der Waals surface area contributed by atoms with Gasteiger partial charge in [0.25, 0.3) is 11.6 Å². The van der Waals surface area contributed by atoms with Gasteiger partial charge < -0.3 is 0 Å². The molecular weight excluding hydrogens is 236 g/mol. The van der Waals surface area contributed by atoms with Crippen LogP contribution in [0, 0.1) is 17.0 Å². The zero-order valence-electron chi connectivity index (χ0n) is 10.1. The summed E-state index contributed by atoms with van der Waals surface area (Å²) in [6.45, 7) is 2.57. The molecule has 1 fully saturated rings. The standard InChI is InChI=1S/C12H14N2O4/c1-9-5-4-6-10(11(9)14(16)17)12(15)13-7-2-3-8-18-13/h4-6H,2-3,7-8H2,1H3. The molecule has 0 spiro atoms. The Morgan fingerprint density at radius 3 is 2.83 bits per heavy atom.